The highest BCUT2D eigenvalue weighted by Crippen LogP contribution is 2.38. The van der Waals surface area contributed by atoms with Crippen molar-refractivity contribution in [3.05, 3.63) is 58.7 Å². The van der Waals surface area contributed by atoms with Crippen molar-refractivity contribution in [1.82, 2.24) is 14.9 Å². The van der Waals surface area contributed by atoms with Gasteiger partial charge in [-0.2, -0.15) is 13.2 Å². The van der Waals surface area contributed by atoms with Crippen LogP contribution in [-0.2, 0) is 10.9 Å². The maximum Gasteiger partial charge on any atom is 0.416 e. The summed E-state index contributed by atoms with van der Waals surface area (Å²) < 4.78 is 44.5. The number of esters is 1. The first-order valence-electron chi connectivity index (χ1n) is 9.10. The molecule has 154 valence electrons. The molecule has 2 aromatic rings. The first-order valence-corrected chi connectivity index (χ1v) is 9.10. The van der Waals surface area contributed by atoms with E-state index in [9.17, 15) is 22.8 Å². The summed E-state index contributed by atoms with van der Waals surface area (Å²) >= 11 is 0. The summed E-state index contributed by atoms with van der Waals surface area (Å²) in [6.45, 7) is 2.19. The fourth-order valence-corrected chi connectivity index (χ4v) is 3.52. The van der Waals surface area contributed by atoms with Crippen molar-refractivity contribution in [2.75, 3.05) is 20.2 Å². The molecule has 6 nitrogen and oxygen atoms in total. The number of halogens is 3. The monoisotopic (exact) mass is 407 g/mol. The lowest BCUT2D eigenvalue weighted by molar-refractivity contribution is -0.138. The molecule has 1 amide bonds. The lowest BCUT2D eigenvalue weighted by atomic mass is 9.86. The highest BCUT2D eigenvalue weighted by atomic mass is 19.4. The van der Waals surface area contributed by atoms with Crippen molar-refractivity contribution in [2.24, 2.45) is 0 Å². The minimum atomic E-state index is -4.41. The van der Waals surface area contributed by atoms with Gasteiger partial charge in [-0.05, 0) is 43.4 Å². The van der Waals surface area contributed by atoms with E-state index >= 15 is 0 Å². The Bertz CT molecular complexity index is 923. The zero-order valence-corrected chi connectivity index (χ0v) is 16.0. The molecule has 0 N–H and O–H groups in total. The number of carbonyl (C=O) groups is 2. The molecule has 0 radical (unpaired) electrons. The van der Waals surface area contributed by atoms with Crippen LogP contribution in [0.2, 0.25) is 0 Å². The lowest BCUT2D eigenvalue weighted by Crippen LogP contribution is -2.39. The average Bonchev–Trinajstić information content (AvgIpc) is 2.71. The second kappa shape index (κ2) is 8.18. The van der Waals surface area contributed by atoms with Crippen LogP contribution in [0.25, 0.3) is 0 Å². The van der Waals surface area contributed by atoms with Gasteiger partial charge in [-0.25, -0.2) is 14.8 Å². The number of likely N-dealkylation sites (tertiary alicyclic amines) is 1. The summed E-state index contributed by atoms with van der Waals surface area (Å²) in [7, 11) is 1.21. The number of benzene rings is 1. The molecule has 1 saturated heterocycles. The van der Waals surface area contributed by atoms with Gasteiger partial charge in [0, 0.05) is 18.8 Å². The van der Waals surface area contributed by atoms with Crippen molar-refractivity contribution in [3.63, 3.8) is 0 Å². The molecule has 9 heteroatoms. The molecule has 0 aliphatic carbocycles. The smallest absolute Gasteiger partial charge is 0.416 e. The van der Waals surface area contributed by atoms with E-state index in [2.05, 4.69) is 14.7 Å². The van der Waals surface area contributed by atoms with Crippen LogP contribution < -0.4 is 0 Å². The molecule has 2 heterocycles. The number of aryl methyl sites for hydroxylation is 1. The predicted molar refractivity (Wildman–Crippen MR) is 97.4 cm³/mol. The number of ether oxygens (including phenoxy) is 1. The molecular weight excluding hydrogens is 387 g/mol. The third kappa shape index (κ3) is 4.55. The number of hydrogen-bond acceptors (Lipinski definition) is 5. The van der Waals surface area contributed by atoms with E-state index in [1.807, 2.05) is 0 Å². The molecule has 0 saturated carbocycles. The van der Waals surface area contributed by atoms with Crippen LogP contribution in [0.15, 0.2) is 30.3 Å². The molecular formula is C20H20F3N3O3. The van der Waals surface area contributed by atoms with Crippen LogP contribution in [0.1, 0.15) is 56.7 Å². The predicted octanol–water partition coefficient (Wildman–Crippen LogP) is 3.61. The molecule has 1 aromatic heterocycles. The first kappa shape index (κ1) is 20.8. The van der Waals surface area contributed by atoms with Crippen LogP contribution in [0.4, 0.5) is 13.2 Å². The Morgan fingerprint density at radius 3 is 2.41 bits per heavy atom. The Hall–Kier alpha value is -2.97. The minimum Gasteiger partial charge on any atom is -0.464 e. The number of piperidine rings is 1. The van der Waals surface area contributed by atoms with Gasteiger partial charge in [0.1, 0.15) is 0 Å². The largest absolute Gasteiger partial charge is 0.464 e. The number of nitrogens with zero attached hydrogens (tertiary/aromatic N) is 3. The zero-order chi connectivity index (χ0) is 21.2. The van der Waals surface area contributed by atoms with Gasteiger partial charge in [0.15, 0.2) is 5.69 Å². The Kier molecular flexibility index (Phi) is 5.86. The Labute approximate surface area is 165 Å². The van der Waals surface area contributed by atoms with E-state index in [4.69, 9.17) is 0 Å². The molecule has 0 bridgehead atoms. The third-order valence-electron chi connectivity index (χ3n) is 4.93. The highest BCUT2D eigenvalue weighted by molar-refractivity contribution is 5.93. The first-order chi connectivity index (χ1) is 13.7. The second-order valence-electron chi connectivity index (χ2n) is 6.86. The van der Waals surface area contributed by atoms with Crippen molar-refractivity contribution in [3.8, 4) is 0 Å². The van der Waals surface area contributed by atoms with Crippen LogP contribution in [0.3, 0.4) is 0 Å². The fourth-order valence-electron chi connectivity index (χ4n) is 3.52. The number of alkyl halides is 3. The van der Waals surface area contributed by atoms with Crippen molar-refractivity contribution in [1.29, 1.82) is 0 Å². The van der Waals surface area contributed by atoms with Crippen LogP contribution >= 0.6 is 0 Å². The van der Waals surface area contributed by atoms with Crippen LogP contribution in [0, 0.1) is 6.92 Å². The highest BCUT2D eigenvalue weighted by Gasteiger charge is 2.36. The normalized spacial score (nSPS) is 15.3. The molecule has 0 spiro atoms. The Morgan fingerprint density at radius 2 is 1.79 bits per heavy atom. The number of hydrogen-bond donors (Lipinski definition) is 0. The quantitative estimate of drug-likeness (QED) is 0.727. The van der Waals surface area contributed by atoms with Crippen molar-refractivity contribution < 1.29 is 27.5 Å². The van der Waals surface area contributed by atoms with E-state index in [1.54, 1.807) is 13.0 Å². The fraction of sp³-hybridized carbons (Fsp3) is 0.400. The minimum absolute atomic E-state index is 0.0164. The number of rotatable bonds is 3. The Morgan fingerprint density at radius 1 is 1.14 bits per heavy atom. The van der Waals surface area contributed by atoms with E-state index in [1.165, 1.54) is 30.2 Å². The molecule has 1 aliphatic heterocycles. The Balaban J connectivity index is 1.74. The molecule has 1 fully saturated rings. The third-order valence-corrected chi connectivity index (χ3v) is 4.93. The van der Waals surface area contributed by atoms with Gasteiger partial charge in [-0.15, -0.1) is 0 Å². The number of amides is 1. The van der Waals surface area contributed by atoms with Crippen molar-refractivity contribution in [2.45, 2.75) is 31.9 Å². The van der Waals surface area contributed by atoms with Crippen molar-refractivity contribution >= 4 is 11.9 Å². The molecule has 0 atom stereocenters. The van der Waals surface area contributed by atoms with Gasteiger partial charge >= 0.3 is 12.1 Å². The van der Waals surface area contributed by atoms with Gasteiger partial charge in [-0.1, -0.05) is 18.2 Å². The summed E-state index contributed by atoms with van der Waals surface area (Å²) in [5.74, 6) is -1.55. The van der Waals surface area contributed by atoms with Gasteiger partial charge in [0.05, 0.1) is 12.7 Å². The molecule has 3 rings (SSSR count). The summed E-state index contributed by atoms with van der Waals surface area (Å²) in [5.41, 5.74) is 0.0523. The lowest BCUT2D eigenvalue weighted by Gasteiger charge is -2.33. The second-order valence-corrected chi connectivity index (χ2v) is 6.86. The molecule has 29 heavy (non-hydrogen) atoms. The van der Waals surface area contributed by atoms with E-state index in [0.29, 0.717) is 18.5 Å². The number of aromatic nitrogens is 2. The standard InChI is InChI=1S/C20H20F3N3O3/c1-12-11-16(19(28)29-2)25-17(24-12)18(27)26-9-7-13(8-10-26)14-5-3-4-6-15(14)20(21,22)23/h3-6,11,13H,7-10H2,1-2H3. The number of carbonyl (C=O) groups excluding carboxylic acids is 2. The van der Waals surface area contributed by atoms with Crippen LogP contribution in [-0.4, -0.2) is 46.9 Å². The summed E-state index contributed by atoms with van der Waals surface area (Å²) in [6.07, 6.45) is -3.62. The average molecular weight is 407 g/mol. The van der Waals surface area contributed by atoms with Gasteiger partial charge in [0.2, 0.25) is 5.82 Å². The topological polar surface area (TPSA) is 72.4 Å². The van der Waals surface area contributed by atoms with E-state index in [0.717, 1.165) is 6.07 Å². The maximum absolute atomic E-state index is 13.3. The van der Waals surface area contributed by atoms with Gasteiger partial charge in [0.25, 0.3) is 5.91 Å². The molecule has 1 aliphatic rings. The summed E-state index contributed by atoms with van der Waals surface area (Å²) in [4.78, 5) is 34.0. The SMILES string of the molecule is COC(=O)c1cc(C)nc(C(=O)N2CCC(c3ccccc3C(F)(F)F)CC2)n1. The number of methoxy groups -OCH3 is 1. The van der Waals surface area contributed by atoms with Gasteiger partial charge < -0.3 is 9.64 Å². The van der Waals surface area contributed by atoms with Crippen LogP contribution in [0.5, 0.6) is 0 Å². The summed E-state index contributed by atoms with van der Waals surface area (Å²) in [5, 5.41) is 0. The maximum atomic E-state index is 13.3. The molecule has 0 unspecified atom stereocenters. The zero-order valence-electron chi connectivity index (χ0n) is 16.0. The van der Waals surface area contributed by atoms with E-state index < -0.39 is 23.6 Å². The summed E-state index contributed by atoms with van der Waals surface area (Å²) in [6, 6.07) is 6.97. The molecule has 1 aromatic carbocycles. The van der Waals surface area contributed by atoms with Gasteiger partial charge in [-0.3, -0.25) is 4.79 Å². The van der Waals surface area contributed by atoms with E-state index in [-0.39, 0.29) is 36.1 Å².